The van der Waals surface area contributed by atoms with Crippen LogP contribution < -0.4 is 10.6 Å². The van der Waals surface area contributed by atoms with E-state index in [0.717, 1.165) is 0 Å². The zero-order valence-corrected chi connectivity index (χ0v) is 10.3. The van der Waals surface area contributed by atoms with Gasteiger partial charge < -0.3 is 20.8 Å². The van der Waals surface area contributed by atoms with E-state index in [9.17, 15) is 9.90 Å². The van der Waals surface area contributed by atoms with E-state index in [4.69, 9.17) is 10.8 Å². The van der Waals surface area contributed by atoms with Crippen LogP contribution >= 0.6 is 0 Å². The van der Waals surface area contributed by atoms with E-state index in [1.54, 1.807) is 37.9 Å². The van der Waals surface area contributed by atoms with E-state index >= 15 is 0 Å². The second-order valence-electron chi connectivity index (χ2n) is 4.72. The number of nitrogens with zero attached hydrogens (tertiary/aromatic N) is 1. The van der Waals surface area contributed by atoms with Gasteiger partial charge >= 0.3 is 5.97 Å². The zero-order chi connectivity index (χ0) is 13.2. The van der Waals surface area contributed by atoms with Crippen molar-refractivity contribution in [3.63, 3.8) is 0 Å². The van der Waals surface area contributed by atoms with Gasteiger partial charge in [0.2, 0.25) is 0 Å². The van der Waals surface area contributed by atoms with Crippen LogP contribution in [0.1, 0.15) is 24.2 Å². The first-order valence-corrected chi connectivity index (χ1v) is 5.27. The SMILES string of the molecule is CN(CC(C)(C)O)c1c(N)cccc1C(=O)O. The molecule has 94 valence electrons. The van der Waals surface area contributed by atoms with E-state index in [1.807, 2.05) is 0 Å². The lowest BCUT2D eigenvalue weighted by atomic mass is 10.1. The Kier molecular flexibility index (Phi) is 3.63. The van der Waals surface area contributed by atoms with Gasteiger partial charge in [-0.3, -0.25) is 0 Å². The van der Waals surface area contributed by atoms with Gasteiger partial charge in [-0.05, 0) is 26.0 Å². The Hall–Kier alpha value is -1.75. The molecule has 1 aromatic carbocycles. The Morgan fingerprint density at radius 3 is 2.53 bits per heavy atom. The van der Waals surface area contributed by atoms with Crippen LogP contribution in [0.4, 0.5) is 11.4 Å². The van der Waals surface area contributed by atoms with Crippen LogP contribution in [0.25, 0.3) is 0 Å². The average molecular weight is 238 g/mol. The molecule has 0 heterocycles. The summed E-state index contributed by atoms with van der Waals surface area (Å²) in [5.41, 5.74) is 5.82. The molecule has 0 amide bonds. The van der Waals surface area contributed by atoms with Crippen LogP contribution in [0.2, 0.25) is 0 Å². The summed E-state index contributed by atoms with van der Waals surface area (Å²) in [6.07, 6.45) is 0. The number of anilines is 2. The number of carboxylic acid groups (broad SMARTS) is 1. The van der Waals surface area contributed by atoms with Crippen molar-refractivity contribution in [3.8, 4) is 0 Å². The monoisotopic (exact) mass is 238 g/mol. The molecule has 0 spiro atoms. The maximum Gasteiger partial charge on any atom is 0.337 e. The van der Waals surface area contributed by atoms with E-state index in [-0.39, 0.29) is 5.56 Å². The highest BCUT2D eigenvalue weighted by molar-refractivity contribution is 5.97. The molecule has 0 saturated heterocycles. The van der Waals surface area contributed by atoms with Gasteiger partial charge in [0.15, 0.2) is 0 Å². The van der Waals surface area contributed by atoms with E-state index in [2.05, 4.69) is 0 Å². The van der Waals surface area contributed by atoms with Crippen molar-refractivity contribution in [2.24, 2.45) is 0 Å². The third-order valence-electron chi connectivity index (χ3n) is 2.30. The molecule has 0 unspecified atom stereocenters. The van der Waals surface area contributed by atoms with Crippen molar-refractivity contribution < 1.29 is 15.0 Å². The number of para-hydroxylation sites is 1. The summed E-state index contributed by atoms with van der Waals surface area (Å²) < 4.78 is 0. The first-order valence-electron chi connectivity index (χ1n) is 5.27. The molecule has 17 heavy (non-hydrogen) atoms. The van der Waals surface area contributed by atoms with Crippen LogP contribution in [-0.4, -0.2) is 35.4 Å². The third-order valence-corrected chi connectivity index (χ3v) is 2.30. The summed E-state index contributed by atoms with van der Waals surface area (Å²) in [5, 5.41) is 18.8. The minimum atomic E-state index is -1.03. The average Bonchev–Trinajstić information content (AvgIpc) is 2.13. The molecule has 1 rings (SSSR count). The first kappa shape index (κ1) is 13.3. The molecule has 4 N–H and O–H groups in total. The number of carbonyl (C=O) groups is 1. The molecule has 0 atom stereocenters. The summed E-state index contributed by atoms with van der Waals surface area (Å²) in [4.78, 5) is 12.8. The number of nitrogens with two attached hydrogens (primary N) is 1. The Labute approximate surface area is 100 Å². The fourth-order valence-electron chi connectivity index (χ4n) is 1.82. The Morgan fingerprint density at radius 2 is 2.06 bits per heavy atom. The number of nitrogen functional groups attached to an aromatic ring is 1. The van der Waals surface area contributed by atoms with E-state index < -0.39 is 11.6 Å². The molecule has 0 aliphatic heterocycles. The number of aliphatic hydroxyl groups is 1. The number of rotatable bonds is 4. The summed E-state index contributed by atoms with van der Waals surface area (Å²) in [6, 6.07) is 4.73. The number of hydrogen-bond donors (Lipinski definition) is 3. The number of hydrogen-bond acceptors (Lipinski definition) is 4. The fraction of sp³-hybridized carbons (Fsp3) is 0.417. The summed E-state index contributed by atoms with van der Waals surface area (Å²) in [7, 11) is 1.70. The second kappa shape index (κ2) is 4.63. The topological polar surface area (TPSA) is 86.8 Å². The van der Waals surface area contributed by atoms with Crippen LogP contribution in [-0.2, 0) is 0 Å². The quantitative estimate of drug-likeness (QED) is 0.685. The summed E-state index contributed by atoms with van der Waals surface area (Å²) >= 11 is 0. The highest BCUT2D eigenvalue weighted by Crippen LogP contribution is 2.28. The van der Waals surface area contributed by atoms with Crippen LogP contribution in [0.15, 0.2) is 18.2 Å². The smallest absolute Gasteiger partial charge is 0.337 e. The fourth-order valence-corrected chi connectivity index (χ4v) is 1.82. The molecular weight excluding hydrogens is 220 g/mol. The predicted molar refractivity (Wildman–Crippen MR) is 67.4 cm³/mol. The van der Waals surface area contributed by atoms with Gasteiger partial charge in [0.25, 0.3) is 0 Å². The van der Waals surface area contributed by atoms with E-state index in [0.29, 0.717) is 17.9 Å². The Bertz CT molecular complexity index is 424. The number of benzene rings is 1. The van der Waals surface area contributed by atoms with Crippen molar-refractivity contribution in [1.82, 2.24) is 0 Å². The Balaban J connectivity index is 3.16. The lowest BCUT2D eigenvalue weighted by Crippen LogP contribution is -2.37. The summed E-state index contributed by atoms with van der Waals surface area (Å²) in [6.45, 7) is 3.60. The first-order chi connectivity index (χ1) is 7.72. The van der Waals surface area contributed by atoms with Gasteiger partial charge in [-0.1, -0.05) is 6.07 Å². The van der Waals surface area contributed by atoms with Crippen molar-refractivity contribution in [2.75, 3.05) is 24.2 Å². The van der Waals surface area contributed by atoms with Gasteiger partial charge in [0.1, 0.15) is 0 Å². The molecule has 0 aliphatic carbocycles. The van der Waals surface area contributed by atoms with Gasteiger partial charge in [0.05, 0.1) is 22.5 Å². The van der Waals surface area contributed by atoms with Crippen LogP contribution in [0.5, 0.6) is 0 Å². The molecule has 1 aromatic rings. The molecule has 0 saturated carbocycles. The van der Waals surface area contributed by atoms with Gasteiger partial charge in [-0.25, -0.2) is 4.79 Å². The van der Waals surface area contributed by atoms with E-state index in [1.165, 1.54) is 6.07 Å². The maximum absolute atomic E-state index is 11.1. The molecule has 5 heteroatoms. The van der Waals surface area contributed by atoms with Crippen LogP contribution in [0.3, 0.4) is 0 Å². The maximum atomic E-state index is 11.1. The number of carboxylic acids is 1. The van der Waals surface area contributed by atoms with Crippen molar-refractivity contribution in [2.45, 2.75) is 19.4 Å². The summed E-state index contributed by atoms with van der Waals surface area (Å²) in [5.74, 6) is -1.03. The standard InChI is InChI=1S/C12H18N2O3/c1-12(2,17)7-14(3)10-8(11(15)16)5-4-6-9(10)13/h4-6,17H,7,13H2,1-3H3,(H,15,16). The lowest BCUT2D eigenvalue weighted by Gasteiger charge is -2.29. The highest BCUT2D eigenvalue weighted by Gasteiger charge is 2.21. The molecule has 5 nitrogen and oxygen atoms in total. The lowest BCUT2D eigenvalue weighted by molar-refractivity contribution is 0.0694. The molecule has 0 aromatic heterocycles. The van der Waals surface area contributed by atoms with Crippen LogP contribution in [0, 0.1) is 0 Å². The highest BCUT2D eigenvalue weighted by atomic mass is 16.4. The molecule has 0 aliphatic rings. The third kappa shape index (κ3) is 3.35. The molecule has 0 fully saturated rings. The van der Waals surface area contributed by atoms with Gasteiger partial charge in [0, 0.05) is 13.6 Å². The van der Waals surface area contributed by atoms with Crippen molar-refractivity contribution in [3.05, 3.63) is 23.8 Å². The molecule has 0 radical (unpaired) electrons. The van der Waals surface area contributed by atoms with Crippen molar-refractivity contribution in [1.29, 1.82) is 0 Å². The molecule has 0 bridgehead atoms. The largest absolute Gasteiger partial charge is 0.478 e. The number of aromatic carboxylic acids is 1. The number of likely N-dealkylation sites (N-methyl/N-ethyl adjacent to an activating group) is 1. The predicted octanol–water partition coefficient (Wildman–Crippen LogP) is 1.17. The minimum Gasteiger partial charge on any atom is -0.478 e. The zero-order valence-electron chi connectivity index (χ0n) is 10.3. The molecular formula is C12H18N2O3. The second-order valence-corrected chi connectivity index (χ2v) is 4.72. The Morgan fingerprint density at radius 1 is 1.47 bits per heavy atom. The van der Waals surface area contributed by atoms with Gasteiger partial charge in [-0.15, -0.1) is 0 Å². The van der Waals surface area contributed by atoms with Crippen molar-refractivity contribution >= 4 is 17.3 Å². The van der Waals surface area contributed by atoms with Gasteiger partial charge in [-0.2, -0.15) is 0 Å². The minimum absolute atomic E-state index is 0.136. The normalized spacial score (nSPS) is 11.3.